The Labute approximate surface area is 117 Å². The average molecular weight is 278 g/mol. The van der Waals surface area contributed by atoms with E-state index in [4.69, 9.17) is 9.47 Å². The van der Waals surface area contributed by atoms with E-state index >= 15 is 0 Å². The van der Waals surface area contributed by atoms with Crippen LogP contribution < -0.4 is 9.47 Å². The van der Waals surface area contributed by atoms with Crippen molar-refractivity contribution in [3.05, 3.63) is 46.2 Å². The summed E-state index contributed by atoms with van der Waals surface area (Å²) in [5, 5.41) is 12.3. The van der Waals surface area contributed by atoms with Crippen LogP contribution in [-0.4, -0.2) is 18.3 Å². The second-order valence-electron chi connectivity index (χ2n) is 4.49. The number of ether oxygens (including phenoxy) is 2. The van der Waals surface area contributed by atoms with Gasteiger partial charge in [0.25, 0.3) is 0 Å². The Hall–Kier alpha value is -1.52. The number of hydrogen-bond acceptors (Lipinski definition) is 4. The number of thiophene rings is 1. The van der Waals surface area contributed by atoms with Gasteiger partial charge in [0.15, 0.2) is 0 Å². The van der Waals surface area contributed by atoms with Gasteiger partial charge in [-0.15, -0.1) is 11.3 Å². The number of aliphatic hydroxyl groups excluding tert-OH is 1. The fraction of sp³-hybridized carbons (Fsp3) is 0.333. The molecule has 102 valence electrons. The predicted octanol–water partition coefficient (Wildman–Crippen LogP) is 3.63. The molecule has 0 fully saturated rings. The van der Waals surface area contributed by atoms with Crippen LogP contribution in [0.3, 0.4) is 0 Å². The van der Waals surface area contributed by atoms with E-state index in [1.807, 2.05) is 49.6 Å². The third-order valence-electron chi connectivity index (χ3n) is 2.67. The molecule has 1 unspecified atom stereocenters. The molecule has 0 saturated heterocycles. The highest BCUT2D eigenvalue weighted by molar-refractivity contribution is 7.10. The van der Waals surface area contributed by atoms with Crippen molar-refractivity contribution in [1.82, 2.24) is 0 Å². The van der Waals surface area contributed by atoms with E-state index in [0.29, 0.717) is 5.75 Å². The third-order valence-corrected chi connectivity index (χ3v) is 3.62. The fourth-order valence-corrected chi connectivity index (χ4v) is 2.73. The molecule has 1 atom stereocenters. The Balaban J connectivity index is 2.26. The summed E-state index contributed by atoms with van der Waals surface area (Å²) in [6, 6.07) is 9.39. The number of aliphatic hydroxyl groups is 1. The van der Waals surface area contributed by atoms with Crippen LogP contribution in [-0.2, 0) is 0 Å². The quantitative estimate of drug-likeness (QED) is 0.907. The van der Waals surface area contributed by atoms with Gasteiger partial charge in [-0.1, -0.05) is 12.1 Å². The molecule has 2 aromatic rings. The van der Waals surface area contributed by atoms with Crippen molar-refractivity contribution in [3.8, 4) is 11.5 Å². The van der Waals surface area contributed by atoms with E-state index in [-0.39, 0.29) is 6.10 Å². The van der Waals surface area contributed by atoms with E-state index in [2.05, 4.69) is 0 Å². The first-order chi connectivity index (χ1) is 9.11. The minimum absolute atomic E-state index is 0.115. The third kappa shape index (κ3) is 3.28. The first kappa shape index (κ1) is 13.9. The van der Waals surface area contributed by atoms with Crippen LogP contribution in [0.4, 0.5) is 0 Å². The number of benzene rings is 1. The van der Waals surface area contributed by atoms with Gasteiger partial charge in [0.05, 0.1) is 18.1 Å². The van der Waals surface area contributed by atoms with Crippen LogP contribution in [0.25, 0.3) is 0 Å². The Morgan fingerprint density at radius 1 is 1.21 bits per heavy atom. The fourth-order valence-electron chi connectivity index (χ4n) is 1.86. The van der Waals surface area contributed by atoms with Crippen LogP contribution in [0.1, 0.15) is 30.4 Å². The molecular formula is C15H18O3S. The number of hydrogen-bond donors (Lipinski definition) is 1. The maximum absolute atomic E-state index is 10.4. The molecule has 1 N–H and O–H groups in total. The minimum atomic E-state index is -0.689. The topological polar surface area (TPSA) is 38.7 Å². The highest BCUT2D eigenvalue weighted by atomic mass is 32.1. The molecule has 3 nitrogen and oxygen atoms in total. The molecule has 0 bridgehead atoms. The van der Waals surface area contributed by atoms with Gasteiger partial charge in [0, 0.05) is 0 Å². The van der Waals surface area contributed by atoms with Gasteiger partial charge in [-0.25, -0.2) is 0 Å². The van der Waals surface area contributed by atoms with E-state index in [1.54, 1.807) is 7.11 Å². The first-order valence-corrected chi connectivity index (χ1v) is 7.06. The van der Waals surface area contributed by atoms with Crippen molar-refractivity contribution in [1.29, 1.82) is 0 Å². The summed E-state index contributed by atoms with van der Waals surface area (Å²) >= 11 is 1.48. The van der Waals surface area contributed by atoms with Crippen LogP contribution in [0.15, 0.2) is 35.7 Å². The van der Waals surface area contributed by atoms with Crippen molar-refractivity contribution in [2.24, 2.45) is 0 Å². The maximum atomic E-state index is 10.4. The maximum Gasteiger partial charge on any atom is 0.135 e. The molecule has 19 heavy (non-hydrogen) atoms. The first-order valence-electron chi connectivity index (χ1n) is 6.18. The van der Waals surface area contributed by atoms with E-state index in [0.717, 1.165) is 16.2 Å². The largest absolute Gasteiger partial charge is 0.495 e. The van der Waals surface area contributed by atoms with Gasteiger partial charge in [-0.3, -0.25) is 0 Å². The van der Waals surface area contributed by atoms with Crippen LogP contribution in [0.2, 0.25) is 0 Å². The average Bonchev–Trinajstić information content (AvgIpc) is 2.85. The zero-order valence-corrected chi connectivity index (χ0v) is 12.1. The monoisotopic (exact) mass is 278 g/mol. The summed E-state index contributed by atoms with van der Waals surface area (Å²) in [6.07, 6.45) is -0.575. The van der Waals surface area contributed by atoms with Crippen molar-refractivity contribution in [2.75, 3.05) is 7.11 Å². The summed E-state index contributed by atoms with van der Waals surface area (Å²) in [6.45, 7) is 3.96. The van der Waals surface area contributed by atoms with Crippen molar-refractivity contribution < 1.29 is 14.6 Å². The molecule has 0 saturated carbocycles. The Morgan fingerprint density at radius 3 is 2.68 bits per heavy atom. The van der Waals surface area contributed by atoms with Crippen LogP contribution in [0, 0.1) is 0 Å². The number of rotatable bonds is 5. The molecule has 0 aliphatic rings. The van der Waals surface area contributed by atoms with Crippen LogP contribution in [0.5, 0.6) is 11.5 Å². The smallest absolute Gasteiger partial charge is 0.135 e. The standard InChI is InChI=1S/C15H18O3S/c1-10(2)18-12-6-4-5-11(9-12)14(16)15-13(17-3)7-8-19-15/h4-10,14,16H,1-3H3. The molecule has 0 aliphatic carbocycles. The lowest BCUT2D eigenvalue weighted by atomic mass is 10.1. The Kier molecular flexibility index (Phi) is 4.45. The summed E-state index contributed by atoms with van der Waals surface area (Å²) in [4.78, 5) is 0.809. The minimum Gasteiger partial charge on any atom is -0.495 e. The second-order valence-corrected chi connectivity index (χ2v) is 5.44. The van der Waals surface area contributed by atoms with E-state index in [1.165, 1.54) is 11.3 Å². The SMILES string of the molecule is COc1ccsc1C(O)c1cccc(OC(C)C)c1. The summed E-state index contributed by atoms with van der Waals surface area (Å²) in [5.74, 6) is 1.48. The van der Waals surface area contributed by atoms with Gasteiger partial charge in [-0.05, 0) is 43.0 Å². The van der Waals surface area contributed by atoms with Gasteiger partial charge in [0.2, 0.25) is 0 Å². The highest BCUT2D eigenvalue weighted by Crippen LogP contribution is 2.35. The summed E-state index contributed by atoms with van der Waals surface area (Å²) in [5.41, 5.74) is 0.805. The van der Waals surface area contributed by atoms with Gasteiger partial charge >= 0.3 is 0 Å². The molecule has 0 aliphatic heterocycles. The molecule has 1 aromatic carbocycles. The zero-order chi connectivity index (χ0) is 13.8. The van der Waals surface area contributed by atoms with Gasteiger partial charge in [-0.2, -0.15) is 0 Å². The molecular weight excluding hydrogens is 260 g/mol. The van der Waals surface area contributed by atoms with Gasteiger partial charge in [0.1, 0.15) is 17.6 Å². The van der Waals surface area contributed by atoms with E-state index < -0.39 is 6.10 Å². The number of methoxy groups -OCH3 is 1. The lowest BCUT2D eigenvalue weighted by Gasteiger charge is -2.14. The van der Waals surface area contributed by atoms with Crippen molar-refractivity contribution in [3.63, 3.8) is 0 Å². The summed E-state index contributed by atoms with van der Waals surface area (Å²) in [7, 11) is 1.61. The molecule has 1 aromatic heterocycles. The van der Waals surface area contributed by atoms with Gasteiger partial charge < -0.3 is 14.6 Å². The molecule has 0 radical (unpaired) electrons. The lowest BCUT2D eigenvalue weighted by molar-refractivity contribution is 0.215. The Morgan fingerprint density at radius 2 is 2.00 bits per heavy atom. The molecule has 1 heterocycles. The normalized spacial score (nSPS) is 12.5. The predicted molar refractivity (Wildman–Crippen MR) is 77.1 cm³/mol. The molecule has 0 amide bonds. The lowest BCUT2D eigenvalue weighted by Crippen LogP contribution is -2.06. The zero-order valence-electron chi connectivity index (χ0n) is 11.3. The summed E-state index contributed by atoms with van der Waals surface area (Å²) < 4.78 is 10.9. The molecule has 0 spiro atoms. The Bertz CT molecular complexity index is 534. The van der Waals surface area contributed by atoms with Crippen molar-refractivity contribution >= 4 is 11.3 Å². The molecule has 2 rings (SSSR count). The molecule has 4 heteroatoms. The van der Waals surface area contributed by atoms with Crippen molar-refractivity contribution in [2.45, 2.75) is 26.1 Å². The van der Waals surface area contributed by atoms with Crippen LogP contribution >= 0.6 is 11.3 Å². The van der Waals surface area contributed by atoms with E-state index in [9.17, 15) is 5.11 Å². The highest BCUT2D eigenvalue weighted by Gasteiger charge is 2.17. The second kappa shape index (κ2) is 6.08.